The van der Waals surface area contributed by atoms with E-state index in [9.17, 15) is 4.79 Å². The van der Waals surface area contributed by atoms with E-state index < -0.39 is 0 Å². The molecule has 1 aliphatic heterocycles. The molecule has 140 valence electrons. The summed E-state index contributed by atoms with van der Waals surface area (Å²) in [6.45, 7) is 8.84. The second-order valence-corrected chi connectivity index (χ2v) is 7.87. The minimum atomic E-state index is 0.171. The van der Waals surface area contributed by atoms with Gasteiger partial charge in [0.25, 0.3) is 5.91 Å². The van der Waals surface area contributed by atoms with Crippen molar-refractivity contribution in [1.29, 1.82) is 0 Å². The van der Waals surface area contributed by atoms with Gasteiger partial charge in [0.1, 0.15) is 5.82 Å². The molecular formula is C23H27N3O. The molecule has 1 saturated heterocycles. The Balaban J connectivity index is 1.43. The predicted molar refractivity (Wildman–Crippen MR) is 109 cm³/mol. The van der Waals surface area contributed by atoms with Crippen molar-refractivity contribution in [3.63, 3.8) is 0 Å². The third kappa shape index (κ3) is 3.61. The van der Waals surface area contributed by atoms with Crippen molar-refractivity contribution in [3.05, 3.63) is 65.0 Å². The van der Waals surface area contributed by atoms with Gasteiger partial charge in [0.2, 0.25) is 0 Å². The van der Waals surface area contributed by atoms with E-state index in [1.54, 1.807) is 0 Å². The van der Waals surface area contributed by atoms with Crippen LogP contribution in [0, 0.1) is 26.7 Å². The van der Waals surface area contributed by atoms with Crippen molar-refractivity contribution >= 4 is 16.9 Å². The van der Waals surface area contributed by atoms with Gasteiger partial charge in [0, 0.05) is 25.2 Å². The number of aryl methyl sites for hydroxylation is 3. The Hall–Kier alpha value is -2.62. The molecular weight excluding hydrogens is 334 g/mol. The standard InChI is InChI=1S/C23H27N3O/c1-16-12-17(2)14-20(13-16)23(27)25-10-8-19(9-11-25)15-26-18(3)24-21-6-4-5-7-22(21)26/h4-7,12-14,19H,8-11,15H2,1-3H3. The molecule has 0 spiro atoms. The van der Waals surface area contributed by atoms with Gasteiger partial charge in [-0.05, 0) is 63.8 Å². The molecule has 27 heavy (non-hydrogen) atoms. The summed E-state index contributed by atoms with van der Waals surface area (Å²) in [7, 11) is 0. The monoisotopic (exact) mass is 361 g/mol. The van der Waals surface area contributed by atoms with E-state index in [1.165, 1.54) is 5.52 Å². The lowest BCUT2D eigenvalue weighted by atomic mass is 9.95. The number of rotatable bonds is 3. The van der Waals surface area contributed by atoms with Gasteiger partial charge in [-0.3, -0.25) is 4.79 Å². The summed E-state index contributed by atoms with van der Waals surface area (Å²) in [6, 6.07) is 14.4. The first kappa shape index (κ1) is 17.8. The number of imidazole rings is 1. The molecule has 0 atom stereocenters. The average Bonchev–Trinajstić information content (AvgIpc) is 2.96. The minimum Gasteiger partial charge on any atom is -0.339 e. The van der Waals surface area contributed by atoms with Crippen LogP contribution in [0.3, 0.4) is 0 Å². The Kier molecular flexibility index (Phi) is 4.73. The molecule has 1 aliphatic rings. The summed E-state index contributed by atoms with van der Waals surface area (Å²) in [4.78, 5) is 19.6. The van der Waals surface area contributed by atoms with Crippen LogP contribution in [0.15, 0.2) is 42.5 Å². The topological polar surface area (TPSA) is 38.1 Å². The lowest BCUT2D eigenvalue weighted by Gasteiger charge is -2.32. The summed E-state index contributed by atoms with van der Waals surface area (Å²) in [5.74, 6) is 1.83. The van der Waals surface area contributed by atoms with Crippen molar-refractivity contribution < 1.29 is 4.79 Å². The van der Waals surface area contributed by atoms with E-state index in [2.05, 4.69) is 40.7 Å². The highest BCUT2D eigenvalue weighted by Crippen LogP contribution is 2.24. The highest BCUT2D eigenvalue weighted by Gasteiger charge is 2.25. The molecule has 1 fully saturated rings. The van der Waals surface area contributed by atoms with Crippen LogP contribution >= 0.6 is 0 Å². The molecule has 0 unspecified atom stereocenters. The van der Waals surface area contributed by atoms with Crippen molar-refractivity contribution in [1.82, 2.24) is 14.5 Å². The lowest BCUT2D eigenvalue weighted by Crippen LogP contribution is -2.39. The number of carbonyl (C=O) groups excluding carboxylic acids is 1. The van der Waals surface area contributed by atoms with E-state index in [-0.39, 0.29) is 5.91 Å². The van der Waals surface area contributed by atoms with E-state index in [1.807, 2.05) is 36.9 Å². The van der Waals surface area contributed by atoms with Crippen molar-refractivity contribution in [2.24, 2.45) is 5.92 Å². The maximum Gasteiger partial charge on any atom is 0.253 e. The maximum atomic E-state index is 12.9. The molecule has 0 saturated carbocycles. The normalized spacial score (nSPS) is 15.4. The van der Waals surface area contributed by atoms with Crippen LogP contribution in [0.1, 0.15) is 40.2 Å². The number of piperidine rings is 1. The SMILES string of the molecule is Cc1cc(C)cc(C(=O)N2CCC(Cn3c(C)nc4ccccc43)CC2)c1. The van der Waals surface area contributed by atoms with Crippen molar-refractivity contribution in [2.75, 3.05) is 13.1 Å². The minimum absolute atomic E-state index is 0.171. The first-order valence-electron chi connectivity index (χ1n) is 9.80. The Morgan fingerprint density at radius 1 is 1.04 bits per heavy atom. The average molecular weight is 361 g/mol. The van der Waals surface area contributed by atoms with Crippen LogP contribution in [-0.4, -0.2) is 33.4 Å². The number of hydrogen-bond acceptors (Lipinski definition) is 2. The van der Waals surface area contributed by atoms with Gasteiger partial charge < -0.3 is 9.47 Å². The largest absolute Gasteiger partial charge is 0.339 e. The number of amides is 1. The van der Waals surface area contributed by atoms with Gasteiger partial charge in [-0.15, -0.1) is 0 Å². The summed E-state index contributed by atoms with van der Waals surface area (Å²) >= 11 is 0. The molecule has 0 radical (unpaired) electrons. The number of para-hydroxylation sites is 2. The number of benzene rings is 2. The van der Waals surface area contributed by atoms with Crippen LogP contribution in [0.5, 0.6) is 0 Å². The van der Waals surface area contributed by atoms with Gasteiger partial charge in [0.05, 0.1) is 11.0 Å². The molecule has 3 aromatic rings. The Morgan fingerprint density at radius 2 is 1.70 bits per heavy atom. The third-order valence-electron chi connectivity index (χ3n) is 5.66. The highest BCUT2D eigenvalue weighted by molar-refractivity contribution is 5.94. The van der Waals surface area contributed by atoms with Gasteiger partial charge >= 0.3 is 0 Å². The summed E-state index contributed by atoms with van der Waals surface area (Å²) in [6.07, 6.45) is 2.09. The second-order valence-electron chi connectivity index (χ2n) is 7.87. The Morgan fingerprint density at radius 3 is 2.41 bits per heavy atom. The fourth-order valence-corrected chi connectivity index (χ4v) is 4.28. The number of fused-ring (bicyclic) bond motifs is 1. The van der Waals surface area contributed by atoms with Crippen LogP contribution < -0.4 is 0 Å². The molecule has 4 nitrogen and oxygen atoms in total. The van der Waals surface area contributed by atoms with E-state index in [0.29, 0.717) is 5.92 Å². The fourth-order valence-electron chi connectivity index (χ4n) is 4.28. The van der Waals surface area contributed by atoms with E-state index in [0.717, 1.165) is 60.5 Å². The van der Waals surface area contributed by atoms with Crippen LogP contribution in [-0.2, 0) is 6.54 Å². The molecule has 4 heteroatoms. The maximum absolute atomic E-state index is 12.9. The first-order valence-corrected chi connectivity index (χ1v) is 9.80. The first-order chi connectivity index (χ1) is 13.0. The second kappa shape index (κ2) is 7.18. The number of likely N-dealkylation sites (tertiary alicyclic amines) is 1. The zero-order chi connectivity index (χ0) is 19.0. The lowest BCUT2D eigenvalue weighted by molar-refractivity contribution is 0.0683. The molecule has 0 aliphatic carbocycles. The number of nitrogens with zero attached hydrogens (tertiary/aromatic N) is 3. The number of aromatic nitrogens is 2. The molecule has 0 bridgehead atoms. The Bertz CT molecular complexity index is 960. The fraction of sp³-hybridized carbons (Fsp3) is 0.391. The zero-order valence-electron chi connectivity index (χ0n) is 16.4. The quantitative estimate of drug-likeness (QED) is 0.688. The third-order valence-corrected chi connectivity index (χ3v) is 5.66. The number of carbonyl (C=O) groups is 1. The molecule has 2 heterocycles. The van der Waals surface area contributed by atoms with Crippen molar-refractivity contribution in [2.45, 2.75) is 40.2 Å². The highest BCUT2D eigenvalue weighted by atomic mass is 16.2. The summed E-state index contributed by atoms with van der Waals surface area (Å²) in [5, 5.41) is 0. The van der Waals surface area contributed by atoms with Gasteiger partial charge in [-0.1, -0.05) is 29.3 Å². The van der Waals surface area contributed by atoms with Crippen molar-refractivity contribution in [3.8, 4) is 0 Å². The van der Waals surface area contributed by atoms with Gasteiger partial charge in [0.15, 0.2) is 0 Å². The Labute approximate surface area is 160 Å². The van der Waals surface area contributed by atoms with Crippen LogP contribution in [0.25, 0.3) is 11.0 Å². The van der Waals surface area contributed by atoms with Crippen LogP contribution in [0.4, 0.5) is 0 Å². The smallest absolute Gasteiger partial charge is 0.253 e. The number of hydrogen-bond donors (Lipinski definition) is 0. The molecule has 1 aromatic heterocycles. The molecule has 4 rings (SSSR count). The summed E-state index contributed by atoms with van der Waals surface area (Å²) in [5.41, 5.74) is 5.40. The summed E-state index contributed by atoms with van der Waals surface area (Å²) < 4.78 is 2.33. The van der Waals surface area contributed by atoms with E-state index in [4.69, 9.17) is 0 Å². The van der Waals surface area contributed by atoms with Crippen LogP contribution in [0.2, 0.25) is 0 Å². The van der Waals surface area contributed by atoms with E-state index >= 15 is 0 Å². The molecule has 2 aromatic carbocycles. The predicted octanol–water partition coefficient (Wildman–Crippen LogP) is 4.51. The van der Waals surface area contributed by atoms with Gasteiger partial charge in [-0.25, -0.2) is 4.98 Å². The molecule has 1 amide bonds. The zero-order valence-corrected chi connectivity index (χ0v) is 16.4. The van der Waals surface area contributed by atoms with Gasteiger partial charge in [-0.2, -0.15) is 0 Å². The molecule has 0 N–H and O–H groups in total.